The fraction of sp³-hybridized carbons (Fsp3) is 0.561. The summed E-state index contributed by atoms with van der Waals surface area (Å²) in [6, 6.07) is -1.35. The van der Waals surface area contributed by atoms with Crippen LogP contribution in [0.3, 0.4) is 0 Å². The number of aliphatic hydroxyl groups is 1. The molecule has 0 aliphatic carbocycles. The lowest BCUT2D eigenvalue weighted by atomic mass is 10.0. The molecule has 0 saturated carbocycles. The number of benzene rings is 1. The highest BCUT2D eigenvalue weighted by Crippen LogP contribution is 2.07. The number of aliphatic carboxylic acids is 3. The topological polar surface area (TPSA) is 446 Å². The number of carboxylic acids is 3. The fourth-order valence-corrected chi connectivity index (χ4v) is 5.95. The van der Waals surface area contributed by atoms with Crippen molar-refractivity contribution in [3.05, 3.63) is 35.9 Å². The van der Waals surface area contributed by atoms with Crippen molar-refractivity contribution < 1.29 is 78.0 Å². The van der Waals surface area contributed by atoms with Crippen LogP contribution in [-0.2, 0) is 64.0 Å². The molecule has 0 aliphatic rings. The van der Waals surface area contributed by atoms with E-state index in [0.717, 1.165) is 5.56 Å². The van der Waals surface area contributed by atoms with Crippen LogP contribution in [0.4, 0.5) is 0 Å². The third kappa shape index (κ3) is 23.8. The van der Waals surface area contributed by atoms with Crippen LogP contribution in [0.1, 0.15) is 64.9 Å². The lowest BCUT2D eigenvalue weighted by Crippen LogP contribution is -2.57. The minimum absolute atomic E-state index is 0.0108. The van der Waals surface area contributed by atoms with Gasteiger partial charge in [-0.05, 0) is 57.1 Å². The first-order valence-corrected chi connectivity index (χ1v) is 21.4. The zero-order chi connectivity index (χ0) is 51.5. The molecule has 0 unspecified atom stereocenters. The highest BCUT2D eigenvalue weighted by molar-refractivity contribution is 5.98. The van der Waals surface area contributed by atoms with Crippen molar-refractivity contribution in [3.8, 4) is 0 Å². The Morgan fingerprint density at radius 3 is 1.51 bits per heavy atom. The van der Waals surface area contributed by atoms with E-state index < -0.39 is 152 Å². The first kappa shape index (κ1) is 58.8. The van der Waals surface area contributed by atoms with E-state index in [4.69, 9.17) is 21.7 Å². The molecule has 0 bridgehead atoms. The Labute approximate surface area is 390 Å². The summed E-state index contributed by atoms with van der Waals surface area (Å²) >= 11 is 0. The van der Waals surface area contributed by atoms with Crippen molar-refractivity contribution in [2.24, 2.45) is 17.4 Å². The Morgan fingerprint density at radius 2 is 1.01 bits per heavy atom. The Kier molecular flexibility index (Phi) is 26.7. The number of hydrogen-bond donors (Lipinski definition) is 15. The number of carboxylic acid groups (broad SMARTS) is 3. The molecule has 0 radical (unpaired) electrons. The van der Waals surface area contributed by atoms with Crippen LogP contribution in [0.2, 0.25) is 0 Å². The minimum atomic E-state index is -1.79. The van der Waals surface area contributed by atoms with Gasteiger partial charge in [0.2, 0.25) is 53.2 Å². The van der Waals surface area contributed by atoms with Crippen molar-refractivity contribution in [2.75, 3.05) is 32.8 Å². The van der Waals surface area contributed by atoms with Crippen LogP contribution in [-0.4, -0.2) is 167 Å². The molecule has 1 aromatic rings. The summed E-state index contributed by atoms with van der Waals surface area (Å²) in [6.45, 7) is 1.65. The van der Waals surface area contributed by atoms with E-state index in [1.807, 2.05) is 5.32 Å². The maximum atomic E-state index is 13.4. The molecule has 17 N–H and O–H groups in total. The predicted molar refractivity (Wildman–Crippen MR) is 236 cm³/mol. The molecule has 0 heterocycles. The number of nitrogens with two attached hydrogens (primary N) is 2. The molecular weight excluding hydrogens is 903 g/mol. The van der Waals surface area contributed by atoms with Gasteiger partial charge in [-0.15, -0.1) is 0 Å². The number of unbranched alkanes of at least 4 members (excludes halogenated alkanes) is 1. The molecule has 7 atom stereocenters. The van der Waals surface area contributed by atoms with Crippen LogP contribution < -0.4 is 59.3 Å². The predicted octanol–water partition coefficient (Wildman–Crippen LogP) is -5.96. The molecule has 0 fully saturated rings. The van der Waals surface area contributed by atoms with Crippen LogP contribution in [0.15, 0.2) is 30.3 Å². The van der Waals surface area contributed by atoms with E-state index in [9.17, 15) is 67.7 Å². The average Bonchev–Trinajstić information content (AvgIpc) is 3.26. The van der Waals surface area contributed by atoms with Crippen LogP contribution in [0.25, 0.3) is 0 Å². The second-order valence-electron chi connectivity index (χ2n) is 15.8. The van der Waals surface area contributed by atoms with Gasteiger partial charge in [-0.25, -0.2) is 4.79 Å². The highest BCUT2D eigenvalue weighted by atomic mass is 16.4. The van der Waals surface area contributed by atoms with Gasteiger partial charge in [0.05, 0.1) is 45.1 Å². The van der Waals surface area contributed by atoms with E-state index in [-0.39, 0.29) is 31.7 Å². The van der Waals surface area contributed by atoms with Crippen molar-refractivity contribution in [3.63, 3.8) is 0 Å². The van der Waals surface area contributed by atoms with E-state index >= 15 is 0 Å². The molecule has 27 heteroatoms. The number of nitrogens with one attached hydrogen (secondary N) is 9. The monoisotopic (exact) mass is 965 g/mol. The van der Waals surface area contributed by atoms with Crippen molar-refractivity contribution >= 4 is 71.1 Å². The molecule has 0 aliphatic heterocycles. The summed E-state index contributed by atoms with van der Waals surface area (Å²) in [7, 11) is 0. The van der Waals surface area contributed by atoms with Crippen LogP contribution in [0, 0.1) is 5.92 Å². The van der Waals surface area contributed by atoms with Gasteiger partial charge >= 0.3 is 17.9 Å². The highest BCUT2D eigenvalue weighted by Gasteiger charge is 2.31. The molecule has 9 amide bonds. The van der Waals surface area contributed by atoms with Crippen molar-refractivity contribution in [1.82, 2.24) is 47.9 Å². The molecule has 1 rings (SSSR count). The van der Waals surface area contributed by atoms with Crippen LogP contribution >= 0.6 is 0 Å². The SMILES string of the molecule is CC(C)C[C@H](NC(=O)CNC(=O)[C@H](CO)NC(=O)[C@@H](N)Cc1ccccc1)C(=O)N[C@@H](CC(=O)O)C(=O)NCC(=O)N[C@@H](C)C(=O)N[C@@H](CCCCN)C(=O)NCC(=O)N[C@@H](CC(=O)O)C(=O)O. The quantitative estimate of drug-likeness (QED) is 0.0299. The Balaban J connectivity index is 2.85. The van der Waals surface area contributed by atoms with Crippen LogP contribution in [0.5, 0.6) is 0 Å². The normalized spacial score (nSPS) is 13.9. The lowest BCUT2D eigenvalue weighted by molar-refractivity contribution is -0.147. The van der Waals surface area contributed by atoms with Gasteiger partial charge in [0.25, 0.3) is 0 Å². The third-order valence-electron chi connectivity index (χ3n) is 9.45. The van der Waals surface area contributed by atoms with Gasteiger partial charge in [-0.1, -0.05) is 44.2 Å². The zero-order valence-electron chi connectivity index (χ0n) is 37.8. The Hall–Kier alpha value is -7.26. The van der Waals surface area contributed by atoms with Crippen molar-refractivity contribution in [1.29, 1.82) is 0 Å². The van der Waals surface area contributed by atoms with Gasteiger partial charge in [0.15, 0.2) is 0 Å². The first-order valence-electron chi connectivity index (χ1n) is 21.4. The largest absolute Gasteiger partial charge is 0.481 e. The fourth-order valence-electron chi connectivity index (χ4n) is 5.95. The zero-order valence-corrected chi connectivity index (χ0v) is 37.8. The second-order valence-corrected chi connectivity index (χ2v) is 15.8. The summed E-state index contributed by atoms with van der Waals surface area (Å²) in [5.41, 5.74) is 12.2. The van der Waals surface area contributed by atoms with Gasteiger partial charge in [-0.2, -0.15) is 0 Å². The van der Waals surface area contributed by atoms with E-state index in [2.05, 4.69) is 42.5 Å². The van der Waals surface area contributed by atoms with Crippen molar-refractivity contribution in [2.45, 2.75) is 108 Å². The second kappa shape index (κ2) is 30.9. The molecule has 0 saturated heterocycles. The molecule has 0 spiro atoms. The lowest BCUT2D eigenvalue weighted by Gasteiger charge is -2.24. The molecule has 0 aromatic heterocycles. The summed E-state index contributed by atoms with van der Waals surface area (Å²) < 4.78 is 0. The molecule has 1 aromatic carbocycles. The Morgan fingerprint density at radius 1 is 0.544 bits per heavy atom. The number of carbonyl (C=O) groups is 12. The summed E-state index contributed by atoms with van der Waals surface area (Å²) in [4.78, 5) is 149. The minimum Gasteiger partial charge on any atom is -0.481 e. The standard InChI is InChI=1S/C41H63N11O16/c1-21(2)13-26(48-31(55)18-46-39(65)29(20-53)52-36(62)24(43)14-23-9-5-4-6-10-23)40(66)51-27(15-33(57)58)38(64)45-17-30(54)47-22(3)35(61)50-25(11-7-8-12-42)37(63)44-19-32(56)49-28(41(67)68)16-34(59)60/h4-6,9-10,21-22,24-29,53H,7-8,11-20,42-43H2,1-3H3,(H,44,63)(H,45,64)(H,46,65)(H,47,54)(H,48,55)(H,49,56)(H,50,61)(H,51,66)(H,52,62)(H,57,58)(H,59,60)(H,67,68)/t22-,24-,25-,26-,27-,28-,29-/m0/s1. The number of hydrogen-bond acceptors (Lipinski definition) is 15. The van der Waals surface area contributed by atoms with Gasteiger partial charge in [0, 0.05) is 0 Å². The van der Waals surface area contributed by atoms with Gasteiger partial charge in [0.1, 0.15) is 36.3 Å². The number of amides is 9. The maximum absolute atomic E-state index is 13.4. The molecule has 378 valence electrons. The first-order chi connectivity index (χ1) is 32.0. The summed E-state index contributed by atoms with van der Waals surface area (Å²) in [6.07, 6.45) is -1.04. The Bertz CT molecular complexity index is 1940. The average molecular weight is 966 g/mol. The number of aliphatic hydroxyl groups excluding tert-OH is 1. The van der Waals surface area contributed by atoms with E-state index in [1.54, 1.807) is 44.2 Å². The number of carbonyl (C=O) groups excluding carboxylic acids is 9. The van der Waals surface area contributed by atoms with E-state index in [0.29, 0.717) is 12.8 Å². The summed E-state index contributed by atoms with van der Waals surface area (Å²) in [5.74, 6) is -13.5. The smallest absolute Gasteiger partial charge is 0.326 e. The van der Waals surface area contributed by atoms with Gasteiger partial charge in [-0.3, -0.25) is 52.7 Å². The molecule has 27 nitrogen and oxygen atoms in total. The molecular formula is C41H63N11O16. The van der Waals surface area contributed by atoms with Gasteiger partial charge < -0.3 is 79.7 Å². The maximum Gasteiger partial charge on any atom is 0.326 e. The van der Waals surface area contributed by atoms with E-state index in [1.165, 1.54) is 6.92 Å². The molecule has 68 heavy (non-hydrogen) atoms. The third-order valence-corrected chi connectivity index (χ3v) is 9.45. The summed E-state index contributed by atoms with van der Waals surface area (Å²) in [5, 5.41) is 57.4. The number of rotatable bonds is 32.